The molecule has 1 aliphatic heterocycles. The van der Waals surface area contributed by atoms with Crippen molar-refractivity contribution in [3.8, 4) is 11.1 Å². The Hall–Kier alpha value is -2.33. The number of aliphatic hydroxyl groups is 1. The molecule has 3 atom stereocenters. The Balaban J connectivity index is 1.31. The van der Waals surface area contributed by atoms with Gasteiger partial charge in [0.25, 0.3) is 0 Å². The summed E-state index contributed by atoms with van der Waals surface area (Å²) in [6, 6.07) is 16.7. The van der Waals surface area contributed by atoms with E-state index in [0.717, 1.165) is 19.4 Å². The van der Waals surface area contributed by atoms with Crippen molar-refractivity contribution in [1.29, 1.82) is 0 Å². The molecule has 4 nitrogen and oxygen atoms in total. The number of hydrogen-bond acceptors (Lipinski definition) is 3. The standard InChI is InChI=1S/C22H23NO3/c24-21-10-9-14-11-23(12-19(14)21)22(25)26-13-20-17-7-3-1-5-15(17)16-6-2-4-8-18(16)20/h1-8,14,19-21,24H,9-13H2. The van der Waals surface area contributed by atoms with Crippen molar-refractivity contribution in [3.05, 3.63) is 59.7 Å². The molecule has 1 heterocycles. The highest BCUT2D eigenvalue weighted by Crippen LogP contribution is 2.44. The number of rotatable bonds is 2. The van der Waals surface area contributed by atoms with E-state index < -0.39 is 0 Å². The van der Waals surface area contributed by atoms with E-state index in [1.165, 1.54) is 22.3 Å². The van der Waals surface area contributed by atoms with Gasteiger partial charge in [0.05, 0.1) is 6.10 Å². The van der Waals surface area contributed by atoms with Crippen LogP contribution in [0.2, 0.25) is 0 Å². The monoisotopic (exact) mass is 349 g/mol. The largest absolute Gasteiger partial charge is 0.448 e. The molecule has 2 aromatic rings. The summed E-state index contributed by atoms with van der Waals surface area (Å²) in [5.74, 6) is 0.764. The molecule has 2 fully saturated rings. The number of nitrogens with zero attached hydrogens (tertiary/aromatic N) is 1. The summed E-state index contributed by atoms with van der Waals surface area (Å²) in [4.78, 5) is 14.4. The maximum absolute atomic E-state index is 12.6. The van der Waals surface area contributed by atoms with Crippen molar-refractivity contribution in [2.45, 2.75) is 24.9 Å². The molecule has 26 heavy (non-hydrogen) atoms. The Bertz CT molecular complexity index is 803. The third kappa shape index (κ3) is 2.43. The van der Waals surface area contributed by atoms with Gasteiger partial charge < -0.3 is 14.7 Å². The van der Waals surface area contributed by atoms with E-state index in [2.05, 4.69) is 36.4 Å². The fourth-order valence-electron chi connectivity index (χ4n) is 5.07. The number of hydrogen-bond donors (Lipinski definition) is 1. The Kier molecular flexibility index (Phi) is 3.75. The highest BCUT2D eigenvalue weighted by Gasteiger charge is 2.44. The van der Waals surface area contributed by atoms with E-state index in [1.807, 2.05) is 12.1 Å². The van der Waals surface area contributed by atoms with E-state index in [4.69, 9.17) is 4.74 Å². The molecule has 134 valence electrons. The molecule has 0 spiro atoms. The third-order valence-electron chi connectivity index (χ3n) is 6.41. The molecule has 4 heteroatoms. The Morgan fingerprint density at radius 3 is 2.31 bits per heavy atom. The van der Waals surface area contributed by atoms with E-state index in [1.54, 1.807) is 4.90 Å². The van der Waals surface area contributed by atoms with Gasteiger partial charge in [0.2, 0.25) is 0 Å². The first kappa shape index (κ1) is 15.9. The number of carbonyl (C=O) groups excluding carboxylic acids is 1. The first-order valence-corrected chi connectivity index (χ1v) is 9.50. The van der Waals surface area contributed by atoms with Crippen LogP contribution in [0.3, 0.4) is 0 Å². The summed E-state index contributed by atoms with van der Waals surface area (Å²) in [6.07, 6.45) is 1.38. The summed E-state index contributed by atoms with van der Waals surface area (Å²) in [7, 11) is 0. The van der Waals surface area contributed by atoms with Crippen molar-refractivity contribution in [2.24, 2.45) is 11.8 Å². The van der Waals surface area contributed by atoms with Crippen molar-refractivity contribution in [1.82, 2.24) is 4.90 Å². The second-order valence-electron chi connectivity index (χ2n) is 7.78. The number of amides is 1. The Labute approximate surface area is 153 Å². The lowest BCUT2D eigenvalue weighted by Crippen LogP contribution is -2.32. The second kappa shape index (κ2) is 6.13. The van der Waals surface area contributed by atoms with Gasteiger partial charge in [-0.15, -0.1) is 0 Å². The lowest BCUT2D eigenvalue weighted by Gasteiger charge is -2.20. The highest BCUT2D eigenvalue weighted by atomic mass is 16.6. The lowest BCUT2D eigenvalue weighted by molar-refractivity contribution is 0.0952. The van der Waals surface area contributed by atoms with Gasteiger partial charge in [0, 0.05) is 24.9 Å². The first-order valence-electron chi connectivity index (χ1n) is 9.50. The van der Waals surface area contributed by atoms with Gasteiger partial charge >= 0.3 is 6.09 Å². The van der Waals surface area contributed by atoms with Crippen molar-refractivity contribution >= 4 is 6.09 Å². The van der Waals surface area contributed by atoms with Crippen molar-refractivity contribution in [2.75, 3.05) is 19.7 Å². The molecule has 1 saturated heterocycles. The maximum Gasteiger partial charge on any atom is 0.409 e. The van der Waals surface area contributed by atoms with Gasteiger partial charge in [-0.2, -0.15) is 0 Å². The van der Waals surface area contributed by atoms with E-state index in [9.17, 15) is 9.90 Å². The smallest absolute Gasteiger partial charge is 0.409 e. The molecular formula is C22H23NO3. The van der Waals surface area contributed by atoms with Crippen LogP contribution in [0.15, 0.2) is 48.5 Å². The average Bonchev–Trinajstić information content (AvgIpc) is 3.33. The SMILES string of the molecule is O=C(OCC1c2ccccc2-c2ccccc21)N1CC2CCC(O)C2C1. The van der Waals surface area contributed by atoms with Crippen LogP contribution in [0.25, 0.3) is 11.1 Å². The van der Waals surface area contributed by atoms with E-state index >= 15 is 0 Å². The van der Waals surface area contributed by atoms with Crippen LogP contribution < -0.4 is 0 Å². The van der Waals surface area contributed by atoms with Crippen molar-refractivity contribution in [3.63, 3.8) is 0 Å². The molecule has 0 bridgehead atoms. The zero-order valence-corrected chi connectivity index (χ0v) is 14.7. The molecule has 1 amide bonds. The number of ether oxygens (including phenoxy) is 1. The summed E-state index contributed by atoms with van der Waals surface area (Å²) in [6.45, 7) is 1.71. The number of benzene rings is 2. The number of likely N-dealkylation sites (tertiary alicyclic amines) is 1. The van der Waals surface area contributed by atoms with Crippen LogP contribution in [0.5, 0.6) is 0 Å². The second-order valence-corrected chi connectivity index (χ2v) is 7.78. The molecule has 0 radical (unpaired) electrons. The fourth-order valence-corrected chi connectivity index (χ4v) is 5.07. The molecule has 3 unspecified atom stereocenters. The fraction of sp³-hybridized carbons (Fsp3) is 0.409. The van der Waals surface area contributed by atoms with Crippen LogP contribution in [-0.4, -0.2) is 41.9 Å². The van der Waals surface area contributed by atoms with Gasteiger partial charge in [-0.3, -0.25) is 0 Å². The molecule has 3 aliphatic rings. The Morgan fingerprint density at radius 1 is 1.00 bits per heavy atom. The predicted octanol–water partition coefficient (Wildman–Crippen LogP) is 3.64. The zero-order valence-electron chi connectivity index (χ0n) is 14.7. The topological polar surface area (TPSA) is 49.8 Å². The highest BCUT2D eigenvalue weighted by molar-refractivity contribution is 5.79. The van der Waals surface area contributed by atoms with Crippen LogP contribution in [-0.2, 0) is 4.74 Å². The normalized spacial score (nSPS) is 26.5. The molecule has 0 aromatic heterocycles. The van der Waals surface area contributed by atoms with E-state index in [0.29, 0.717) is 19.1 Å². The quantitative estimate of drug-likeness (QED) is 0.901. The van der Waals surface area contributed by atoms with Gasteiger partial charge in [0.15, 0.2) is 0 Å². The molecule has 1 N–H and O–H groups in total. The molecular weight excluding hydrogens is 326 g/mol. The van der Waals surface area contributed by atoms with Gasteiger partial charge in [-0.1, -0.05) is 48.5 Å². The number of carbonyl (C=O) groups is 1. The van der Waals surface area contributed by atoms with Crippen LogP contribution in [0, 0.1) is 11.8 Å². The summed E-state index contributed by atoms with van der Waals surface area (Å²) < 4.78 is 5.73. The minimum atomic E-state index is -0.258. The number of aliphatic hydroxyl groups excluding tert-OH is 1. The summed E-state index contributed by atoms with van der Waals surface area (Å²) in [5.41, 5.74) is 4.94. The van der Waals surface area contributed by atoms with Crippen LogP contribution in [0.4, 0.5) is 4.79 Å². The maximum atomic E-state index is 12.6. The van der Waals surface area contributed by atoms with Gasteiger partial charge in [-0.25, -0.2) is 4.79 Å². The van der Waals surface area contributed by atoms with Crippen molar-refractivity contribution < 1.29 is 14.6 Å². The minimum absolute atomic E-state index is 0.0963. The number of fused-ring (bicyclic) bond motifs is 4. The molecule has 2 aromatic carbocycles. The van der Waals surface area contributed by atoms with Gasteiger partial charge in [0.1, 0.15) is 6.61 Å². The Morgan fingerprint density at radius 2 is 1.65 bits per heavy atom. The van der Waals surface area contributed by atoms with Crippen LogP contribution in [0.1, 0.15) is 29.9 Å². The predicted molar refractivity (Wildman–Crippen MR) is 98.9 cm³/mol. The molecule has 2 aliphatic carbocycles. The molecule has 5 rings (SSSR count). The summed E-state index contributed by atoms with van der Waals surface area (Å²) >= 11 is 0. The van der Waals surface area contributed by atoms with Gasteiger partial charge in [-0.05, 0) is 41.0 Å². The van der Waals surface area contributed by atoms with E-state index in [-0.39, 0.29) is 24.0 Å². The third-order valence-corrected chi connectivity index (χ3v) is 6.41. The summed E-state index contributed by atoms with van der Waals surface area (Å²) in [5, 5.41) is 10.0. The molecule has 1 saturated carbocycles. The first-order chi connectivity index (χ1) is 12.7. The average molecular weight is 349 g/mol. The van der Waals surface area contributed by atoms with Crippen LogP contribution >= 0.6 is 0 Å². The minimum Gasteiger partial charge on any atom is -0.448 e. The lowest BCUT2D eigenvalue weighted by atomic mass is 9.98. The zero-order chi connectivity index (χ0) is 17.7.